The van der Waals surface area contributed by atoms with Crippen molar-refractivity contribution in [2.45, 2.75) is 24.2 Å². The lowest BCUT2D eigenvalue weighted by Crippen LogP contribution is -2.33. The number of nitrogens with zero attached hydrogens (tertiary/aromatic N) is 1. The molecule has 0 radical (unpaired) electrons. The summed E-state index contributed by atoms with van der Waals surface area (Å²) in [6.45, 7) is 2.12. The van der Waals surface area contributed by atoms with E-state index in [0.29, 0.717) is 12.3 Å². The molecule has 1 unspecified atom stereocenters. The Morgan fingerprint density at radius 2 is 2.17 bits per heavy atom. The van der Waals surface area contributed by atoms with E-state index in [0.717, 1.165) is 38.1 Å². The van der Waals surface area contributed by atoms with E-state index in [4.69, 9.17) is 11.6 Å². The first-order valence-corrected chi connectivity index (χ1v) is 8.90. The van der Waals surface area contributed by atoms with Crippen LogP contribution in [-0.2, 0) is 10.0 Å². The quantitative estimate of drug-likeness (QED) is 0.579. The highest BCUT2D eigenvalue weighted by Gasteiger charge is 2.26. The van der Waals surface area contributed by atoms with Crippen LogP contribution in [-0.4, -0.2) is 33.0 Å². The van der Waals surface area contributed by atoms with Gasteiger partial charge in [0.05, 0.1) is 4.92 Å². The Kier molecular flexibility index (Phi) is 7.69. The second-order valence-corrected chi connectivity index (χ2v) is 7.44. The molecular weight excluding hydrogens is 365 g/mol. The molecule has 1 aromatic rings. The van der Waals surface area contributed by atoms with Crippen LogP contribution in [0.25, 0.3) is 0 Å². The standard InChI is InChI=1S/C13H18ClN3O4S.ClH/c14-11-3-4-12(17(18)19)13(8-11)22(20,21)16-7-5-10-2-1-6-15-9-10;/h3-4,8,10,15-16H,1-2,5-7,9H2;1H. The van der Waals surface area contributed by atoms with Gasteiger partial charge in [0.1, 0.15) is 0 Å². The van der Waals surface area contributed by atoms with Gasteiger partial charge in [-0.1, -0.05) is 11.6 Å². The molecule has 0 amide bonds. The monoisotopic (exact) mass is 383 g/mol. The molecule has 2 rings (SSSR count). The van der Waals surface area contributed by atoms with E-state index in [1.54, 1.807) is 0 Å². The average molecular weight is 384 g/mol. The summed E-state index contributed by atoms with van der Waals surface area (Å²) in [5.74, 6) is 0.422. The largest absolute Gasteiger partial charge is 0.316 e. The number of piperidine rings is 1. The molecule has 0 aliphatic carbocycles. The van der Waals surface area contributed by atoms with Gasteiger partial charge in [0.15, 0.2) is 4.90 Å². The van der Waals surface area contributed by atoms with E-state index < -0.39 is 25.5 Å². The number of benzene rings is 1. The molecule has 0 saturated carbocycles. The maximum Gasteiger partial charge on any atom is 0.289 e. The Morgan fingerprint density at radius 1 is 1.43 bits per heavy atom. The van der Waals surface area contributed by atoms with E-state index in [-0.39, 0.29) is 24.0 Å². The van der Waals surface area contributed by atoms with E-state index in [2.05, 4.69) is 10.0 Å². The van der Waals surface area contributed by atoms with Crippen LogP contribution in [0.5, 0.6) is 0 Å². The summed E-state index contributed by atoms with van der Waals surface area (Å²) in [5.41, 5.74) is -0.476. The highest BCUT2D eigenvalue weighted by atomic mass is 35.5. The van der Waals surface area contributed by atoms with Crippen molar-refractivity contribution < 1.29 is 13.3 Å². The molecule has 1 fully saturated rings. The number of rotatable bonds is 6. The molecule has 2 N–H and O–H groups in total. The van der Waals surface area contributed by atoms with Gasteiger partial charge in [-0.2, -0.15) is 0 Å². The summed E-state index contributed by atoms with van der Waals surface area (Å²) < 4.78 is 26.9. The zero-order valence-electron chi connectivity index (χ0n) is 12.3. The van der Waals surface area contributed by atoms with Gasteiger partial charge in [-0.3, -0.25) is 10.1 Å². The first-order valence-electron chi connectivity index (χ1n) is 7.04. The van der Waals surface area contributed by atoms with Crippen LogP contribution in [0, 0.1) is 16.0 Å². The molecule has 1 aromatic carbocycles. The highest BCUT2D eigenvalue weighted by molar-refractivity contribution is 7.89. The van der Waals surface area contributed by atoms with Gasteiger partial charge >= 0.3 is 0 Å². The Balaban J connectivity index is 0.00000264. The maximum atomic E-state index is 12.3. The predicted molar refractivity (Wildman–Crippen MR) is 90.8 cm³/mol. The molecule has 0 spiro atoms. The third-order valence-electron chi connectivity index (χ3n) is 3.65. The van der Waals surface area contributed by atoms with Crippen LogP contribution < -0.4 is 10.0 Å². The smallest absolute Gasteiger partial charge is 0.289 e. The molecule has 7 nitrogen and oxygen atoms in total. The lowest BCUT2D eigenvalue weighted by Gasteiger charge is -2.22. The van der Waals surface area contributed by atoms with Crippen molar-refractivity contribution in [2.24, 2.45) is 5.92 Å². The molecule has 10 heteroatoms. The maximum absolute atomic E-state index is 12.3. The first kappa shape index (κ1) is 20.1. The van der Waals surface area contributed by atoms with E-state index >= 15 is 0 Å². The lowest BCUT2D eigenvalue weighted by molar-refractivity contribution is -0.387. The minimum atomic E-state index is -3.96. The molecule has 1 aliphatic heterocycles. The zero-order valence-corrected chi connectivity index (χ0v) is 14.7. The van der Waals surface area contributed by atoms with Crippen molar-refractivity contribution in [1.82, 2.24) is 10.0 Å². The number of nitrogens with one attached hydrogen (secondary N) is 2. The molecular formula is C13H19Cl2N3O4S. The fourth-order valence-corrected chi connectivity index (χ4v) is 3.98. The van der Waals surface area contributed by atoms with Gasteiger partial charge < -0.3 is 5.32 Å². The second kappa shape index (κ2) is 8.79. The minimum absolute atomic E-state index is 0. The van der Waals surface area contributed by atoms with Crippen molar-refractivity contribution in [3.05, 3.63) is 33.3 Å². The van der Waals surface area contributed by atoms with Crippen molar-refractivity contribution in [3.63, 3.8) is 0 Å². The summed E-state index contributed by atoms with van der Waals surface area (Å²) in [6.07, 6.45) is 2.84. The Morgan fingerprint density at radius 3 is 2.78 bits per heavy atom. The molecule has 0 bridgehead atoms. The first-order chi connectivity index (χ1) is 10.4. The van der Waals surface area contributed by atoms with Gasteiger partial charge in [-0.15, -0.1) is 12.4 Å². The topological polar surface area (TPSA) is 101 Å². The summed E-state index contributed by atoms with van der Waals surface area (Å²) in [4.78, 5) is 9.84. The van der Waals surface area contributed by atoms with Gasteiger partial charge in [0.2, 0.25) is 10.0 Å². The third kappa shape index (κ3) is 5.58. The number of halogens is 2. The van der Waals surface area contributed by atoms with E-state index in [1.165, 1.54) is 6.07 Å². The Bertz CT molecular complexity index is 649. The molecule has 0 aromatic heterocycles. The third-order valence-corrected chi connectivity index (χ3v) is 5.38. The molecule has 1 atom stereocenters. The average Bonchev–Trinajstić information content (AvgIpc) is 2.47. The summed E-state index contributed by atoms with van der Waals surface area (Å²) in [5, 5.41) is 14.4. The van der Waals surface area contributed by atoms with E-state index in [1.807, 2.05) is 0 Å². The highest BCUT2D eigenvalue weighted by Crippen LogP contribution is 2.27. The molecule has 1 aliphatic rings. The van der Waals surface area contributed by atoms with Crippen LogP contribution in [0.1, 0.15) is 19.3 Å². The lowest BCUT2D eigenvalue weighted by atomic mass is 9.96. The molecule has 1 heterocycles. The van der Waals surface area contributed by atoms with Crippen molar-refractivity contribution in [3.8, 4) is 0 Å². The summed E-state index contributed by atoms with van der Waals surface area (Å²) in [7, 11) is -3.96. The van der Waals surface area contributed by atoms with Crippen LogP contribution in [0.15, 0.2) is 23.1 Å². The number of nitro groups is 1. The summed E-state index contributed by atoms with van der Waals surface area (Å²) in [6, 6.07) is 3.50. The Hall–Kier alpha value is -0.930. The SMILES string of the molecule is Cl.O=[N+]([O-])c1ccc(Cl)cc1S(=O)(=O)NCCC1CCCNC1. The van der Waals surface area contributed by atoms with E-state index in [9.17, 15) is 18.5 Å². The molecule has 23 heavy (non-hydrogen) atoms. The number of sulfonamides is 1. The molecule has 130 valence electrons. The fourth-order valence-electron chi connectivity index (χ4n) is 2.50. The minimum Gasteiger partial charge on any atom is -0.316 e. The van der Waals surface area contributed by atoms with Crippen LogP contribution in [0.3, 0.4) is 0 Å². The van der Waals surface area contributed by atoms with Crippen LogP contribution >= 0.6 is 24.0 Å². The normalized spacial score (nSPS) is 18.2. The van der Waals surface area contributed by atoms with Gasteiger partial charge in [0.25, 0.3) is 5.69 Å². The van der Waals surface area contributed by atoms with Crippen molar-refractivity contribution in [1.29, 1.82) is 0 Å². The van der Waals surface area contributed by atoms with Gasteiger partial charge in [-0.25, -0.2) is 13.1 Å². The van der Waals surface area contributed by atoms with Crippen LogP contribution in [0.2, 0.25) is 5.02 Å². The summed E-state index contributed by atoms with van der Waals surface area (Å²) >= 11 is 5.76. The number of nitro benzene ring substituents is 1. The predicted octanol–water partition coefficient (Wildman–Crippen LogP) is 2.34. The van der Waals surface area contributed by atoms with Crippen molar-refractivity contribution in [2.75, 3.05) is 19.6 Å². The van der Waals surface area contributed by atoms with Crippen LogP contribution in [0.4, 0.5) is 5.69 Å². The second-order valence-electron chi connectivity index (χ2n) is 5.27. The van der Waals surface area contributed by atoms with Crippen molar-refractivity contribution >= 4 is 39.7 Å². The number of hydrogen-bond acceptors (Lipinski definition) is 5. The Labute approximate surface area is 146 Å². The fraction of sp³-hybridized carbons (Fsp3) is 0.538. The van der Waals surface area contributed by atoms with Gasteiger partial charge in [-0.05, 0) is 50.4 Å². The molecule has 1 saturated heterocycles. The number of hydrogen-bond donors (Lipinski definition) is 2. The van der Waals surface area contributed by atoms with Gasteiger partial charge in [0, 0.05) is 17.6 Å². The zero-order chi connectivity index (χ0) is 16.2.